The summed E-state index contributed by atoms with van der Waals surface area (Å²) in [6, 6.07) is 12.3. The number of rotatable bonds is 7. The van der Waals surface area contributed by atoms with Crippen molar-refractivity contribution in [2.75, 3.05) is 6.61 Å². The van der Waals surface area contributed by atoms with E-state index in [1.165, 1.54) is 11.3 Å². The van der Waals surface area contributed by atoms with Crippen LogP contribution in [0.2, 0.25) is 0 Å². The van der Waals surface area contributed by atoms with E-state index in [1.54, 1.807) is 24.3 Å². The van der Waals surface area contributed by atoms with E-state index in [0.717, 1.165) is 4.88 Å². The van der Waals surface area contributed by atoms with Gasteiger partial charge in [0, 0.05) is 12.8 Å². The van der Waals surface area contributed by atoms with Crippen LogP contribution >= 0.6 is 11.3 Å². The van der Waals surface area contributed by atoms with Gasteiger partial charge in [0.2, 0.25) is 17.6 Å². The molecule has 0 fully saturated rings. The first-order valence-corrected chi connectivity index (χ1v) is 9.10. The molecule has 2 heterocycles. The number of aryl methyl sites for hydroxylation is 1. The number of nitrogens with one attached hydrogen (secondary N) is 2. The molecule has 2 N–H and O–H groups in total. The lowest BCUT2D eigenvalue weighted by Crippen LogP contribution is -2.43. The number of amides is 2. The Balaban J connectivity index is 1.38. The minimum Gasteiger partial charge on any atom is -0.482 e. The van der Waals surface area contributed by atoms with Gasteiger partial charge >= 0.3 is 0 Å². The Morgan fingerprint density at radius 1 is 1.18 bits per heavy atom. The van der Waals surface area contributed by atoms with Crippen molar-refractivity contribution in [3.05, 3.63) is 53.2 Å². The lowest BCUT2D eigenvalue weighted by Gasteiger charge is -2.09. The smallest absolute Gasteiger partial charge is 0.276 e. The van der Waals surface area contributed by atoms with E-state index in [9.17, 15) is 9.59 Å². The van der Waals surface area contributed by atoms with Crippen LogP contribution in [0.5, 0.6) is 5.75 Å². The molecule has 0 saturated carbocycles. The number of carbonyl (C=O) groups is 2. The molecule has 0 bridgehead atoms. The third-order valence-corrected chi connectivity index (χ3v) is 4.35. The highest BCUT2D eigenvalue weighted by atomic mass is 32.1. The zero-order chi connectivity index (χ0) is 19.8. The Labute approximate surface area is 163 Å². The molecule has 2 amide bonds. The molecule has 1 aromatic carbocycles. The van der Waals surface area contributed by atoms with Crippen molar-refractivity contribution in [2.24, 2.45) is 0 Å². The molecule has 2 aromatic heterocycles. The second-order valence-corrected chi connectivity index (χ2v) is 6.43. The van der Waals surface area contributed by atoms with Crippen molar-refractivity contribution in [2.45, 2.75) is 12.8 Å². The molecule has 0 saturated heterocycles. The van der Waals surface area contributed by atoms with E-state index in [1.807, 2.05) is 23.6 Å². The number of nitriles is 1. The van der Waals surface area contributed by atoms with Crippen LogP contribution in [0.4, 0.5) is 0 Å². The molecule has 0 aliphatic carbocycles. The highest BCUT2D eigenvalue weighted by Crippen LogP contribution is 2.21. The van der Waals surface area contributed by atoms with Crippen molar-refractivity contribution in [1.29, 1.82) is 5.26 Å². The molecule has 0 aliphatic heterocycles. The van der Waals surface area contributed by atoms with Gasteiger partial charge in [-0.05, 0) is 23.6 Å². The van der Waals surface area contributed by atoms with Gasteiger partial charge in [-0.15, -0.1) is 11.3 Å². The second kappa shape index (κ2) is 9.29. The fourth-order valence-electron chi connectivity index (χ4n) is 2.15. The van der Waals surface area contributed by atoms with Gasteiger partial charge in [-0.3, -0.25) is 20.4 Å². The number of nitrogens with zero attached hydrogens (tertiary/aromatic N) is 3. The molecule has 28 heavy (non-hydrogen) atoms. The minimum atomic E-state index is -0.557. The van der Waals surface area contributed by atoms with Crippen molar-refractivity contribution >= 4 is 23.2 Å². The van der Waals surface area contributed by atoms with E-state index in [-0.39, 0.29) is 19.4 Å². The molecule has 0 spiro atoms. The normalized spacial score (nSPS) is 10.1. The first kappa shape index (κ1) is 19.1. The van der Waals surface area contributed by atoms with Gasteiger partial charge in [0.05, 0.1) is 10.4 Å². The highest BCUT2D eigenvalue weighted by Gasteiger charge is 2.12. The van der Waals surface area contributed by atoms with E-state index in [0.29, 0.717) is 23.0 Å². The maximum Gasteiger partial charge on any atom is 0.276 e. The number of hydrazine groups is 1. The van der Waals surface area contributed by atoms with Gasteiger partial charge in [0.15, 0.2) is 6.61 Å². The van der Waals surface area contributed by atoms with E-state index < -0.39 is 11.8 Å². The van der Waals surface area contributed by atoms with Crippen LogP contribution in [0.25, 0.3) is 10.7 Å². The molecule has 0 unspecified atom stereocenters. The zero-order valence-corrected chi connectivity index (χ0v) is 15.4. The molecule has 10 heteroatoms. The van der Waals surface area contributed by atoms with Crippen LogP contribution in [-0.2, 0) is 16.0 Å². The molecule has 9 nitrogen and oxygen atoms in total. The first-order valence-electron chi connectivity index (χ1n) is 8.22. The number of ether oxygens (including phenoxy) is 1. The summed E-state index contributed by atoms with van der Waals surface area (Å²) in [4.78, 5) is 28.7. The standard InChI is InChI=1S/C18H15N5O4S/c19-10-12-4-1-2-5-13(12)26-11-16(25)22-21-15(24)7-8-17-20-18(23-27-17)14-6-3-9-28-14/h1-6,9H,7-8,11H2,(H,21,24)(H,22,25). The third-order valence-electron chi connectivity index (χ3n) is 3.48. The van der Waals surface area contributed by atoms with Crippen LogP contribution in [0.1, 0.15) is 17.9 Å². The number of thiophene rings is 1. The lowest BCUT2D eigenvalue weighted by molar-refractivity contribution is -0.130. The second-order valence-electron chi connectivity index (χ2n) is 5.48. The van der Waals surface area contributed by atoms with Crippen LogP contribution in [0, 0.1) is 11.3 Å². The summed E-state index contributed by atoms with van der Waals surface area (Å²) >= 11 is 1.49. The van der Waals surface area contributed by atoms with Crippen LogP contribution in [0.15, 0.2) is 46.3 Å². The van der Waals surface area contributed by atoms with Crippen LogP contribution in [0.3, 0.4) is 0 Å². The van der Waals surface area contributed by atoms with Gasteiger partial charge in [-0.25, -0.2) is 0 Å². The number of carbonyl (C=O) groups excluding carboxylic acids is 2. The Kier molecular flexibility index (Phi) is 6.33. The zero-order valence-electron chi connectivity index (χ0n) is 14.5. The summed E-state index contributed by atoms with van der Waals surface area (Å²) in [6.07, 6.45) is 0.302. The Morgan fingerprint density at radius 3 is 2.79 bits per heavy atom. The number of benzene rings is 1. The first-order chi connectivity index (χ1) is 13.7. The van der Waals surface area contributed by atoms with Gasteiger partial charge in [0.1, 0.15) is 11.8 Å². The van der Waals surface area contributed by atoms with E-state index >= 15 is 0 Å². The largest absolute Gasteiger partial charge is 0.482 e. The fraction of sp³-hybridized carbons (Fsp3) is 0.167. The third kappa shape index (κ3) is 5.15. The maximum atomic E-state index is 11.8. The van der Waals surface area contributed by atoms with Crippen molar-refractivity contribution in [3.8, 4) is 22.5 Å². The maximum absolute atomic E-state index is 11.8. The van der Waals surface area contributed by atoms with Gasteiger partial charge < -0.3 is 9.26 Å². The van der Waals surface area contributed by atoms with Crippen molar-refractivity contribution in [1.82, 2.24) is 21.0 Å². The summed E-state index contributed by atoms with van der Waals surface area (Å²) in [5.41, 5.74) is 4.84. The van der Waals surface area contributed by atoms with Gasteiger partial charge in [-0.1, -0.05) is 23.4 Å². The topological polar surface area (TPSA) is 130 Å². The molecule has 0 aliphatic rings. The molecule has 0 radical (unpaired) electrons. The summed E-state index contributed by atoms with van der Waals surface area (Å²) in [5, 5.41) is 14.7. The SMILES string of the molecule is N#Cc1ccccc1OCC(=O)NNC(=O)CCc1nc(-c2cccs2)no1. The molecular weight excluding hydrogens is 382 g/mol. The summed E-state index contributed by atoms with van der Waals surface area (Å²) < 4.78 is 10.4. The Morgan fingerprint density at radius 2 is 2.00 bits per heavy atom. The number of aromatic nitrogens is 2. The molecule has 0 atom stereocenters. The number of para-hydroxylation sites is 1. The highest BCUT2D eigenvalue weighted by molar-refractivity contribution is 7.13. The van der Waals surface area contributed by atoms with Crippen molar-refractivity contribution in [3.63, 3.8) is 0 Å². The number of hydrogen-bond donors (Lipinski definition) is 2. The minimum absolute atomic E-state index is 0.0600. The van der Waals surface area contributed by atoms with E-state index in [4.69, 9.17) is 14.5 Å². The summed E-state index contributed by atoms with van der Waals surface area (Å²) in [5.74, 6) is 0.139. The van der Waals surface area contributed by atoms with Crippen LogP contribution < -0.4 is 15.6 Å². The average Bonchev–Trinajstić information content (AvgIpc) is 3.41. The number of hydrogen-bond acceptors (Lipinski definition) is 8. The fourth-order valence-corrected chi connectivity index (χ4v) is 2.80. The van der Waals surface area contributed by atoms with Gasteiger partial charge in [-0.2, -0.15) is 10.2 Å². The molecular formula is C18H15N5O4S. The predicted octanol–water partition coefficient (Wildman–Crippen LogP) is 1.83. The molecule has 3 aromatic rings. The molecule has 3 rings (SSSR count). The average molecular weight is 397 g/mol. The lowest BCUT2D eigenvalue weighted by atomic mass is 10.2. The monoisotopic (exact) mass is 397 g/mol. The van der Waals surface area contributed by atoms with Crippen molar-refractivity contribution < 1.29 is 18.8 Å². The predicted molar refractivity (Wildman–Crippen MR) is 98.9 cm³/mol. The molecule has 142 valence electrons. The quantitative estimate of drug-likeness (QED) is 0.582. The summed E-state index contributed by atoms with van der Waals surface area (Å²) in [7, 11) is 0. The summed E-state index contributed by atoms with van der Waals surface area (Å²) in [6.45, 7) is -0.340. The Bertz CT molecular complexity index is 994. The van der Waals surface area contributed by atoms with Crippen LogP contribution in [-0.4, -0.2) is 28.6 Å². The van der Waals surface area contributed by atoms with Gasteiger partial charge in [0.25, 0.3) is 5.91 Å². The Hall–Kier alpha value is -3.71. The van der Waals surface area contributed by atoms with E-state index in [2.05, 4.69) is 21.0 Å².